The lowest BCUT2D eigenvalue weighted by Gasteiger charge is -2.29. The minimum atomic E-state index is -0.328. The number of urea groups is 1. The maximum Gasteiger partial charge on any atom is 0.321 e. The zero-order chi connectivity index (χ0) is 14.4. The van der Waals surface area contributed by atoms with Crippen molar-refractivity contribution in [2.45, 2.75) is 57.9 Å². The van der Waals surface area contributed by atoms with E-state index in [0.29, 0.717) is 12.5 Å². The quantitative estimate of drug-likeness (QED) is 0.830. The van der Waals surface area contributed by atoms with Crippen LogP contribution < -0.4 is 10.6 Å². The van der Waals surface area contributed by atoms with E-state index in [-0.39, 0.29) is 18.0 Å². The molecule has 114 valence electrons. The molecule has 2 rings (SSSR count). The van der Waals surface area contributed by atoms with Gasteiger partial charge in [-0.2, -0.15) is 0 Å². The molecule has 0 aromatic carbocycles. The van der Waals surface area contributed by atoms with Crippen molar-refractivity contribution in [3.8, 4) is 0 Å². The minimum absolute atomic E-state index is 0.187. The van der Waals surface area contributed by atoms with Crippen molar-refractivity contribution in [2.75, 3.05) is 19.6 Å². The molecule has 5 nitrogen and oxygen atoms in total. The molecule has 0 bridgehead atoms. The number of likely N-dealkylation sites (tertiary alicyclic amines) is 1. The molecule has 1 aliphatic carbocycles. The topological polar surface area (TPSA) is 61.4 Å². The molecular weight excluding hydrogens is 254 g/mol. The van der Waals surface area contributed by atoms with Gasteiger partial charge in [-0.1, -0.05) is 26.2 Å². The molecule has 2 N–H and O–H groups in total. The fourth-order valence-corrected chi connectivity index (χ4v) is 3.22. The molecule has 2 unspecified atom stereocenters. The second-order valence-corrected chi connectivity index (χ2v) is 6.23. The van der Waals surface area contributed by atoms with Crippen molar-refractivity contribution in [2.24, 2.45) is 5.92 Å². The molecule has 5 heteroatoms. The van der Waals surface area contributed by atoms with E-state index in [1.807, 2.05) is 0 Å². The highest BCUT2D eigenvalue weighted by Gasteiger charge is 2.23. The maximum absolute atomic E-state index is 11.8. The number of piperidine rings is 1. The van der Waals surface area contributed by atoms with Crippen LogP contribution in [0.2, 0.25) is 0 Å². The van der Waals surface area contributed by atoms with Gasteiger partial charge in [0.15, 0.2) is 0 Å². The summed E-state index contributed by atoms with van der Waals surface area (Å²) in [6.07, 6.45) is 8.14. The van der Waals surface area contributed by atoms with E-state index in [2.05, 4.69) is 22.5 Å². The van der Waals surface area contributed by atoms with Gasteiger partial charge in [-0.3, -0.25) is 15.0 Å². The average molecular weight is 281 g/mol. The Morgan fingerprint density at radius 1 is 1.05 bits per heavy atom. The Morgan fingerprint density at radius 3 is 2.45 bits per heavy atom. The lowest BCUT2D eigenvalue weighted by Crippen LogP contribution is -2.50. The standard InChI is InChI=1S/C15H27N3O2/c1-12-7-3-4-8-13(12)16-15(20)17-14(19)11-18-9-5-2-6-10-18/h12-13H,2-11H2,1H3,(H2,16,17,19,20). The average Bonchev–Trinajstić information content (AvgIpc) is 2.42. The van der Waals surface area contributed by atoms with Crippen molar-refractivity contribution in [3.05, 3.63) is 0 Å². The first-order valence-corrected chi connectivity index (χ1v) is 7.98. The minimum Gasteiger partial charge on any atom is -0.335 e. The molecule has 2 atom stereocenters. The van der Waals surface area contributed by atoms with Gasteiger partial charge in [0.05, 0.1) is 6.54 Å². The summed E-state index contributed by atoms with van der Waals surface area (Å²) in [6, 6.07) is -0.114. The molecule has 3 amide bonds. The normalized spacial score (nSPS) is 27.9. The summed E-state index contributed by atoms with van der Waals surface area (Å²) in [5.74, 6) is 0.319. The van der Waals surface area contributed by atoms with Crippen LogP contribution in [-0.2, 0) is 4.79 Å². The van der Waals surface area contributed by atoms with E-state index in [1.54, 1.807) is 0 Å². The first-order valence-electron chi connectivity index (χ1n) is 7.98. The van der Waals surface area contributed by atoms with Crippen LogP contribution in [0, 0.1) is 5.92 Å². The summed E-state index contributed by atoms with van der Waals surface area (Å²) < 4.78 is 0. The van der Waals surface area contributed by atoms with E-state index in [4.69, 9.17) is 0 Å². The van der Waals surface area contributed by atoms with Crippen LogP contribution in [0.5, 0.6) is 0 Å². The molecule has 20 heavy (non-hydrogen) atoms. The second-order valence-electron chi connectivity index (χ2n) is 6.23. The lowest BCUT2D eigenvalue weighted by molar-refractivity contribution is -0.121. The number of rotatable bonds is 3. The molecule has 0 aromatic rings. The highest BCUT2D eigenvalue weighted by atomic mass is 16.2. The van der Waals surface area contributed by atoms with E-state index < -0.39 is 0 Å². The zero-order valence-corrected chi connectivity index (χ0v) is 12.5. The molecule has 2 fully saturated rings. The smallest absolute Gasteiger partial charge is 0.321 e. The Labute approximate surface area is 121 Å². The zero-order valence-electron chi connectivity index (χ0n) is 12.5. The number of nitrogens with one attached hydrogen (secondary N) is 2. The summed E-state index contributed by atoms with van der Waals surface area (Å²) in [7, 11) is 0. The predicted molar refractivity (Wildman–Crippen MR) is 78.4 cm³/mol. The van der Waals surface area contributed by atoms with E-state index in [1.165, 1.54) is 12.8 Å². The summed E-state index contributed by atoms with van der Waals surface area (Å²) >= 11 is 0. The number of hydrogen-bond donors (Lipinski definition) is 2. The highest BCUT2D eigenvalue weighted by molar-refractivity contribution is 5.95. The number of nitrogens with zero attached hydrogens (tertiary/aromatic N) is 1. The Kier molecular flexibility index (Phi) is 5.83. The summed E-state index contributed by atoms with van der Waals surface area (Å²) in [6.45, 7) is 4.44. The Hall–Kier alpha value is -1.10. The van der Waals surface area contributed by atoms with Crippen molar-refractivity contribution in [3.63, 3.8) is 0 Å². The Morgan fingerprint density at radius 2 is 1.75 bits per heavy atom. The van der Waals surface area contributed by atoms with Crippen LogP contribution in [0.4, 0.5) is 4.79 Å². The SMILES string of the molecule is CC1CCCCC1NC(=O)NC(=O)CN1CCCCC1. The van der Waals surface area contributed by atoms with Crippen LogP contribution >= 0.6 is 0 Å². The molecule has 1 saturated heterocycles. The number of hydrogen-bond acceptors (Lipinski definition) is 3. The number of carbonyl (C=O) groups excluding carboxylic acids is 2. The molecule has 1 heterocycles. The second kappa shape index (κ2) is 7.62. The van der Waals surface area contributed by atoms with Gasteiger partial charge in [0.1, 0.15) is 0 Å². The van der Waals surface area contributed by atoms with Crippen LogP contribution in [-0.4, -0.2) is 42.5 Å². The summed E-state index contributed by atoms with van der Waals surface area (Å²) in [5.41, 5.74) is 0. The maximum atomic E-state index is 11.8. The van der Waals surface area contributed by atoms with Gasteiger partial charge in [0.2, 0.25) is 5.91 Å². The Bertz CT molecular complexity index is 340. The third-order valence-corrected chi connectivity index (χ3v) is 4.50. The fourth-order valence-electron chi connectivity index (χ4n) is 3.22. The van der Waals surface area contributed by atoms with Gasteiger partial charge in [0, 0.05) is 6.04 Å². The van der Waals surface area contributed by atoms with Gasteiger partial charge < -0.3 is 5.32 Å². The molecular formula is C15H27N3O2. The molecule has 2 aliphatic rings. The third-order valence-electron chi connectivity index (χ3n) is 4.50. The van der Waals surface area contributed by atoms with Gasteiger partial charge in [0.25, 0.3) is 0 Å². The van der Waals surface area contributed by atoms with Crippen molar-refractivity contribution >= 4 is 11.9 Å². The van der Waals surface area contributed by atoms with E-state index in [9.17, 15) is 9.59 Å². The first kappa shape index (κ1) is 15.3. The van der Waals surface area contributed by atoms with E-state index in [0.717, 1.165) is 45.2 Å². The lowest BCUT2D eigenvalue weighted by atomic mass is 9.86. The molecule has 0 spiro atoms. The highest BCUT2D eigenvalue weighted by Crippen LogP contribution is 2.23. The third kappa shape index (κ3) is 4.78. The number of imide groups is 1. The molecule has 1 saturated carbocycles. The monoisotopic (exact) mass is 281 g/mol. The largest absolute Gasteiger partial charge is 0.335 e. The van der Waals surface area contributed by atoms with Crippen molar-refractivity contribution in [1.29, 1.82) is 0 Å². The van der Waals surface area contributed by atoms with Crippen molar-refractivity contribution in [1.82, 2.24) is 15.5 Å². The van der Waals surface area contributed by atoms with Gasteiger partial charge in [-0.15, -0.1) is 0 Å². The number of carbonyl (C=O) groups is 2. The fraction of sp³-hybridized carbons (Fsp3) is 0.867. The first-order chi connectivity index (χ1) is 9.65. The van der Waals surface area contributed by atoms with Gasteiger partial charge in [-0.25, -0.2) is 4.79 Å². The van der Waals surface area contributed by atoms with Gasteiger partial charge >= 0.3 is 6.03 Å². The van der Waals surface area contributed by atoms with Crippen LogP contribution in [0.3, 0.4) is 0 Å². The molecule has 0 aromatic heterocycles. The summed E-state index contributed by atoms with van der Waals surface area (Å²) in [5, 5.41) is 5.41. The van der Waals surface area contributed by atoms with Gasteiger partial charge in [-0.05, 0) is 44.7 Å². The van der Waals surface area contributed by atoms with Crippen LogP contribution in [0.25, 0.3) is 0 Å². The van der Waals surface area contributed by atoms with Crippen LogP contribution in [0.1, 0.15) is 51.9 Å². The number of amides is 3. The molecule has 0 radical (unpaired) electrons. The van der Waals surface area contributed by atoms with Crippen LogP contribution in [0.15, 0.2) is 0 Å². The van der Waals surface area contributed by atoms with Crippen molar-refractivity contribution < 1.29 is 9.59 Å². The summed E-state index contributed by atoms with van der Waals surface area (Å²) in [4.78, 5) is 25.8. The molecule has 1 aliphatic heterocycles. The Balaban J connectivity index is 1.68. The predicted octanol–water partition coefficient (Wildman–Crippen LogP) is 1.88. The van der Waals surface area contributed by atoms with E-state index >= 15 is 0 Å².